The molecule has 0 aromatic heterocycles. The lowest BCUT2D eigenvalue weighted by Crippen LogP contribution is -2.33. The van der Waals surface area contributed by atoms with Crippen molar-refractivity contribution in [1.82, 2.24) is 5.01 Å². The van der Waals surface area contributed by atoms with Crippen molar-refractivity contribution in [1.29, 1.82) is 0 Å². The third-order valence-electron chi connectivity index (χ3n) is 5.58. The van der Waals surface area contributed by atoms with Gasteiger partial charge in [-0.05, 0) is 66.4 Å². The molecule has 6 heteroatoms. The molecule has 30 heavy (non-hydrogen) atoms. The zero-order valence-corrected chi connectivity index (χ0v) is 18.3. The second-order valence-electron chi connectivity index (χ2n) is 7.30. The first-order valence-electron chi connectivity index (χ1n) is 9.76. The minimum Gasteiger partial charge on any atom is -0.497 e. The first kappa shape index (κ1) is 19.3. The van der Waals surface area contributed by atoms with E-state index in [9.17, 15) is 0 Å². The van der Waals surface area contributed by atoms with Gasteiger partial charge in [0.15, 0.2) is 0 Å². The zero-order valence-electron chi connectivity index (χ0n) is 16.7. The van der Waals surface area contributed by atoms with Crippen LogP contribution < -0.4 is 9.47 Å². The molecule has 3 aromatic rings. The lowest BCUT2D eigenvalue weighted by atomic mass is 9.96. The maximum Gasteiger partial charge on any atom is 0.213 e. The molecule has 2 atom stereocenters. The summed E-state index contributed by atoms with van der Waals surface area (Å²) in [6.45, 7) is 0. The van der Waals surface area contributed by atoms with E-state index in [0.717, 1.165) is 40.3 Å². The van der Waals surface area contributed by atoms with Gasteiger partial charge in [-0.3, -0.25) is 0 Å². The molecule has 3 aromatic carbocycles. The molecular formula is C24H21ClN2O2S. The molecule has 2 aliphatic rings. The van der Waals surface area contributed by atoms with Gasteiger partial charge in [0.25, 0.3) is 0 Å². The predicted molar refractivity (Wildman–Crippen MR) is 122 cm³/mol. The average molecular weight is 437 g/mol. The van der Waals surface area contributed by atoms with E-state index in [-0.39, 0.29) is 12.3 Å². The molecule has 0 unspecified atom stereocenters. The van der Waals surface area contributed by atoms with Crippen molar-refractivity contribution < 1.29 is 9.47 Å². The van der Waals surface area contributed by atoms with Crippen LogP contribution in [0, 0.1) is 0 Å². The van der Waals surface area contributed by atoms with Crippen molar-refractivity contribution in [3.8, 4) is 11.5 Å². The molecule has 4 nitrogen and oxygen atoms in total. The maximum atomic E-state index is 6.41. The van der Waals surface area contributed by atoms with Gasteiger partial charge in [0, 0.05) is 27.5 Å². The summed E-state index contributed by atoms with van der Waals surface area (Å²) in [5, 5.41) is 7.78. The van der Waals surface area contributed by atoms with Gasteiger partial charge in [0.2, 0.25) is 6.23 Å². The summed E-state index contributed by atoms with van der Waals surface area (Å²) in [6, 6.07) is 22.4. The van der Waals surface area contributed by atoms with Crippen LogP contribution in [0.2, 0.25) is 5.02 Å². The standard InChI is InChI=1S/C24H21ClN2O2S/c1-28-18-8-3-15(4-9-18)21-14-22-20-13-17(25)7-12-23(20)29-24(27(22)26-21)16-5-10-19(30-2)11-6-16/h3-13,22,24H,14H2,1-2H3/t22-,24-/m1/s1. The van der Waals surface area contributed by atoms with Gasteiger partial charge in [-0.1, -0.05) is 23.7 Å². The summed E-state index contributed by atoms with van der Waals surface area (Å²) in [7, 11) is 1.67. The van der Waals surface area contributed by atoms with Crippen LogP contribution in [0.15, 0.2) is 76.7 Å². The highest BCUT2D eigenvalue weighted by atomic mass is 35.5. The minimum absolute atomic E-state index is 0.0785. The van der Waals surface area contributed by atoms with Crippen molar-refractivity contribution in [3.05, 3.63) is 88.4 Å². The molecule has 0 aliphatic carbocycles. The smallest absolute Gasteiger partial charge is 0.213 e. The molecular weight excluding hydrogens is 416 g/mol. The number of hydrogen-bond acceptors (Lipinski definition) is 5. The summed E-state index contributed by atoms with van der Waals surface area (Å²) in [6.07, 6.45) is 2.59. The van der Waals surface area contributed by atoms with Gasteiger partial charge in [0.05, 0.1) is 18.9 Å². The van der Waals surface area contributed by atoms with Crippen molar-refractivity contribution in [3.63, 3.8) is 0 Å². The highest BCUT2D eigenvalue weighted by molar-refractivity contribution is 7.98. The van der Waals surface area contributed by atoms with E-state index in [2.05, 4.69) is 47.7 Å². The molecule has 0 bridgehead atoms. The third-order valence-corrected chi connectivity index (χ3v) is 6.55. The molecule has 0 radical (unpaired) electrons. The van der Waals surface area contributed by atoms with Gasteiger partial charge in [0.1, 0.15) is 11.5 Å². The number of hydrogen-bond donors (Lipinski definition) is 0. The van der Waals surface area contributed by atoms with E-state index in [0.29, 0.717) is 5.02 Å². The topological polar surface area (TPSA) is 34.1 Å². The third kappa shape index (κ3) is 3.42. The Morgan fingerprint density at radius 3 is 2.53 bits per heavy atom. The number of benzene rings is 3. The maximum absolute atomic E-state index is 6.41. The Labute approximate surface area is 185 Å². The van der Waals surface area contributed by atoms with Crippen LogP contribution in [-0.2, 0) is 0 Å². The second kappa shape index (κ2) is 7.89. The van der Waals surface area contributed by atoms with E-state index in [4.69, 9.17) is 26.2 Å². The number of rotatable bonds is 4. The second-order valence-corrected chi connectivity index (χ2v) is 8.62. The van der Waals surface area contributed by atoms with Crippen LogP contribution >= 0.6 is 23.4 Å². The van der Waals surface area contributed by atoms with Gasteiger partial charge < -0.3 is 9.47 Å². The highest BCUT2D eigenvalue weighted by Crippen LogP contribution is 2.48. The average Bonchev–Trinajstić information content (AvgIpc) is 3.24. The number of fused-ring (bicyclic) bond motifs is 3. The Hall–Kier alpha value is -2.63. The van der Waals surface area contributed by atoms with E-state index in [1.165, 1.54) is 4.90 Å². The SMILES string of the molecule is COc1ccc(C2=NN3[C@H](C2)c2cc(Cl)ccc2O[C@@H]3c2ccc(SC)cc2)cc1. The van der Waals surface area contributed by atoms with Gasteiger partial charge >= 0.3 is 0 Å². The number of ether oxygens (including phenoxy) is 2. The molecule has 0 saturated carbocycles. The first-order valence-corrected chi connectivity index (χ1v) is 11.4. The quantitative estimate of drug-likeness (QED) is 0.448. The Kier molecular flexibility index (Phi) is 5.09. The van der Waals surface area contributed by atoms with Gasteiger partial charge in [-0.25, -0.2) is 5.01 Å². The van der Waals surface area contributed by atoms with Crippen molar-refractivity contribution in [2.45, 2.75) is 23.6 Å². The molecule has 5 rings (SSSR count). The van der Waals surface area contributed by atoms with Crippen LogP contribution in [0.25, 0.3) is 0 Å². The lowest BCUT2D eigenvalue weighted by Gasteiger charge is -2.38. The zero-order chi connectivity index (χ0) is 20.7. The number of hydrazone groups is 1. The Morgan fingerprint density at radius 1 is 1.07 bits per heavy atom. The summed E-state index contributed by atoms with van der Waals surface area (Å²) in [5.74, 6) is 1.70. The van der Waals surface area contributed by atoms with Crippen molar-refractivity contribution in [2.75, 3.05) is 13.4 Å². The van der Waals surface area contributed by atoms with Crippen molar-refractivity contribution in [2.24, 2.45) is 5.10 Å². The molecule has 152 valence electrons. The molecule has 0 saturated heterocycles. The summed E-state index contributed by atoms with van der Waals surface area (Å²) in [5.41, 5.74) is 4.28. The summed E-state index contributed by atoms with van der Waals surface area (Å²) >= 11 is 8.04. The molecule has 2 heterocycles. The fraction of sp³-hybridized carbons (Fsp3) is 0.208. The van der Waals surface area contributed by atoms with Gasteiger partial charge in [-0.15, -0.1) is 11.8 Å². The number of methoxy groups -OCH3 is 1. The van der Waals surface area contributed by atoms with Gasteiger partial charge in [-0.2, -0.15) is 5.10 Å². The largest absolute Gasteiger partial charge is 0.497 e. The van der Waals surface area contributed by atoms with E-state index in [1.54, 1.807) is 18.9 Å². The van der Waals surface area contributed by atoms with Crippen LogP contribution in [0.1, 0.15) is 35.4 Å². The first-order chi connectivity index (χ1) is 14.7. The monoisotopic (exact) mass is 436 g/mol. The summed E-state index contributed by atoms with van der Waals surface area (Å²) < 4.78 is 11.7. The normalized spacial score (nSPS) is 19.6. The molecule has 2 aliphatic heterocycles. The van der Waals surface area contributed by atoms with Crippen LogP contribution in [0.3, 0.4) is 0 Å². The fourth-order valence-corrected chi connectivity index (χ4v) is 4.59. The van der Waals surface area contributed by atoms with E-state index < -0.39 is 0 Å². The van der Waals surface area contributed by atoms with E-state index in [1.807, 2.05) is 30.3 Å². The number of halogens is 1. The van der Waals surface area contributed by atoms with Crippen LogP contribution in [0.5, 0.6) is 11.5 Å². The Bertz CT molecular complexity index is 1100. The Balaban J connectivity index is 1.56. The van der Waals surface area contributed by atoms with Crippen LogP contribution in [0.4, 0.5) is 0 Å². The molecule has 0 fully saturated rings. The predicted octanol–water partition coefficient (Wildman–Crippen LogP) is 6.31. The molecule has 0 N–H and O–H groups in total. The number of thioether (sulfide) groups is 1. The fourth-order valence-electron chi connectivity index (χ4n) is 4.00. The highest BCUT2D eigenvalue weighted by Gasteiger charge is 2.41. The molecule has 0 amide bonds. The molecule has 0 spiro atoms. The number of nitrogens with zero attached hydrogens (tertiary/aromatic N) is 2. The Morgan fingerprint density at radius 2 is 1.83 bits per heavy atom. The van der Waals surface area contributed by atoms with Crippen LogP contribution in [-0.4, -0.2) is 24.1 Å². The minimum atomic E-state index is -0.282. The lowest BCUT2D eigenvalue weighted by molar-refractivity contribution is -0.0190. The van der Waals surface area contributed by atoms with E-state index >= 15 is 0 Å². The summed E-state index contributed by atoms with van der Waals surface area (Å²) in [4.78, 5) is 1.22. The van der Waals surface area contributed by atoms with Crippen molar-refractivity contribution >= 4 is 29.1 Å².